The van der Waals surface area contributed by atoms with E-state index in [9.17, 15) is 8.42 Å². The average Bonchev–Trinajstić information content (AvgIpc) is 2.39. The van der Waals surface area contributed by atoms with Gasteiger partial charge in [-0.1, -0.05) is 11.6 Å². The van der Waals surface area contributed by atoms with Crippen LogP contribution in [0.25, 0.3) is 0 Å². The molecule has 0 spiro atoms. The lowest BCUT2D eigenvalue weighted by Gasteiger charge is -2.27. The van der Waals surface area contributed by atoms with Crippen molar-refractivity contribution in [3.05, 3.63) is 23.5 Å². The van der Waals surface area contributed by atoms with Crippen molar-refractivity contribution in [1.29, 1.82) is 0 Å². The predicted octanol–water partition coefficient (Wildman–Crippen LogP) is 1.41. The van der Waals surface area contributed by atoms with Crippen LogP contribution in [0.2, 0.25) is 5.15 Å². The van der Waals surface area contributed by atoms with Gasteiger partial charge in [0.2, 0.25) is 10.0 Å². The van der Waals surface area contributed by atoms with Crippen LogP contribution in [0.15, 0.2) is 23.2 Å². The maximum atomic E-state index is 12.6. The molecule has 0 aromatic carbocycles. The molecule has 1 unspecified atom stereocenters. The monoisotopic (exact) mass is 322 g/mol. The van der Waals surface area contributed by atoms with Crippen LogP contribution in [0.3, 0.4) is 0 Å². The van der Waals surface area contributed by atoms with Crippen molar-refractivity contribution >= 4 is 21.6 Å². The molecule has 0 saturated heterocycles. The summed E-state index contributed by atoms with van der Waals surface area (Å²) < 4.78 is 36.5. The van der Waals surface area contributed by atoms with E-state index in [1.54, 1.807) is 6.92 Å². The van der Waals surface area contributed by atoms with Gasteiger partial charge < -0.3 is 9.47 Å². The molecule has 1 rings (SSSR count). The van der Waals surface area contributed by atoms with E-state index in [0.717, 1.165) is 0 Å². The summed E-state index contributed by atoms with van der Waals surface area (Å²) in [7, 11) is -0.607. The van der Waals surface area contributed by atoms with Crippen LogP contribution in [0.5, 0.6) is 0 Å². The minimum absolute atomic E-state index is 0.0981. The molecule has 0 aliphatic rings. The zero-order chi connectivity index (χ0) is 15.2. The summed E-state index contributed by atoms with van der Waals surface area (Å²) in [6, 6.07) is 2.57. The van der Waals surface area contributed by atoms with Crippen LogP contribution >= 0.6 is 11.6 Å². The molecule has 0 bridgehead atoms. The van der Waals surface area contributed by atoms with Crippen LogP contribution in [-0.2, 0) is 19.5 Å². The van der Waals surface area contributed by atoms with Crippen molar-refractivity contribution in [2.45, 2.75) is 17.9 Å². The number of hydrogen-bond acceptors (Lipinski definition) is 5. The SMILES string of the molecule is COCCN(C(C)COC)S(=O)(=O)c1ccc(Cl)nc1. The molecule has 20 heavy (non-hydrogen) atoms. The second-order valence-corrected chi connectivity index (χ2v) is 6.51. The van der Waals surface area contributed by atoms with Crippen LogP contribution in [0, 0.1) is 0 Å². The topological polar surface area (TPSA) is 68.7 Å². The van der Waals surface area contributed by atoms with Gasteiger partial charge >= 0.3 is 0 Å². The van der Waals surface area contributed by atoms with Crippen molar-refractivity contribution in [2.75, 3.05) is 34.0 Å². The van der Waals surface area contributed by atoms with E-state index in [0.29, 0.717) is 13.2 Å². The summed E-state index contributed by atoms with van der Waals surface area (Å²) in [5.41, 5.74) is 0. The van der Waals surface area contributed by atoms with Crippen molar-refractivity contribution in [1.82, 2.24) is 9.29 Å². The molecule has 0 fully saturated rings. The Morgan fingerprint density at radius 1 is 1.35 bits per heavy atom. The predicted molar refractivity (Wildman–Crippen MR) is 76.4 cm³/mol. The zero-order valence-electron chi connectivity index (χ0n) is 11.7. The highest BCUT2D eigenvalue weighted by Crippen LogP contribution is 2.18. The molecule has 0 aliphatic heterocycles. The summed E-state index contributed by atoms with van der Waals surface area (Å²) in [4.78, 5) is 3.91. The second kappa shape index (κ2) is 7.90. The molecular formula is C12H19ClN2O4S. The minimum atomic E-state index is -3.66. The van der Waals surface area contributed by atoms with Gasteiger partial charge in [0.25, 0.3) is 0 Å². The molecule has 1 heterocycles. The number of rotatable bonds is 8. The van der Waals surface area contributed by atoms with E-state index in [4.69, 9.17) is 21.1 Å². The molecule has 1 aromatic rings. The summed E-state index contributed by atoms with van der Waals surface area (Å²) >= 11 is 5.68. The van der Waals surface area contributed by atoms with Crippen molar-refractivity contribution in [2.24, 2.45) is 0 Å². The highest BCUT2D eigenvalue weighted by molar-refractivity contribution is 7.89. The molecule has 0 N–H and O–H groups in total. The first kappa shape index (κ1) is 17.3. The van der Waals surface area contributed by atoms with Gasteiger partial charge in [-0.3, -0.25) is 0 Å². The smallest absolute Gasteiger partial charge is 0.245 e. The van der Waals surface area contributed by atoms with Gasteiger partial charge in [-0.25, -0.2) is 13.4 Å². The number of hydrogen-bond donors (Lipinski definition) is 0. The number of nitrogens with zero attached hydrogens (tertiary/aromatic N) is 2. The lowest BCUT2D eigenvalue weighted by molar-refractivity contribution is 0.119. The van der Waals surface area contributed by atoms with Crippen LogP contribution in [0.1, 0.15) is 6.92 Å². The normalized spacial score (nSPS) is 13.7. The molecule has 1 atom stereocenters. The summed E-state index contributed by atoms with van der Waals surface area (Å²) in [5, 5.41) is 0.248. The Bertz CT molecular complexity index is 507. The maximum Gasteiger partial charge on any atom is 0.245 e. The van der Waals surface area contributed by atoms with E-state index < -0.39 is 10.0 Å². The molecule has 0 aliphatic carbocycles. The maximum absolute atomic E-state index is 12.6. The molecule has 6 nitrogen and oxygen atoms in total. The van der Waals surface area contributed by atoms with Gasteiger partial charge in [-0.05, 0) is 19.1 Å². The first-order valence-corrected chi connectivity index (χ1v) is 7.86. The molecule has 1 aromatic heterocycles. The molecule has 8 heteroatoms. The number of pyridine rings is 1. The van der Waals surface area contributed by atoms with Crippen LogP contribution in [-0.4, -0.2) is 57.7 Å². The van der Waals surface area contributed by atoms with Crippen molar-refractivity contribution in [3.8, 4) is 0 Å². The lowest BCUT2D eigenvalue weighted by atomic mass is 10.3. The van der Waals surface area contributed by atoms with E-state index >= 15 is 0 Å². The molecule has 0 radical (unpaired) electrons. The highest BCUT2D eigenvalue weighted by atomic mass is 35.5. The number of halogens is 1. The lowest BCUT2D eigenvalue weighted by Crippen LogP contribution is -2.42. The molecule has 0 amide bonds. The third-order valence-corrected chi connectivity index (χ3v) is 4.94. The van der Waals surface area contributed by atoms with Gasteiger partial charge in [0, 0.05) is 33.0 Å². The van der Waals surface area contributed by atoms with Gasteiger partial charge in [-0.15, -0.1) is 0 Å². The number of ether oxygens (including phenoxy) is 2. The molecule has 114 valence electrons. The van der Waals surface area contributed by atoms with E-state index in [2.05, 4.69) is 4.98 Å². The van der Waals surface area contributed by atoms with E-state index in [1.165, 1.54) is 36.9 Å². The first-order chi connectivity index (χ1) is 9.43. The molecular weight excluding hydrogens is 304 g/mol. The number of sulfonamides is 1. The van der Waals surface area contributed by atoms with Gasteiger partial charge in [-0.2, -0.15) is 4.31 Å². The van der Waals surface area contributed by atoms with Crippen LogP contribution in [0.4, 0.5) is 0 Å². The average molecular weight is 323 g/mol. The van der Waals surface area contributed by atoms with Gasteiger partial charge in [0.1, 0.15) is 10.0 Å². The third-order valence-electron chi connectivity index (χ3n) is 2.72. The van der Waals surface area contributed by atoms with Crippen LogP contribution < -0.4 is 0 Å². The summed E-state index contributed by atoms with van der Waals surface area (Å²) in [6.07, 6.45) is 1.25. The van der Waals surface area contributed by atoms with E-state index in [1.807, 2.05) is 0 Å². The molecule has 0 saturated carbocycles. The van der Waals surface area contributed by atoms with Gasteiger partial charge in [0.15, 0.2) is 0 Å². The Labute approximate surface area is 124 Å². The second-order valence-electron chi connectivity index (χ2n) is 4.23. The fourth-order valence-electron chi connectivity index (χ4n) is 1.73. The Morgan fingerprint density at radius 2 is 2.05 bits per heavy atom. The Balaban J connectivity index is 3.06. The Kier molecular flexibility index (Phi) is 6.84. The van der Waals surface area contributed by atoms with Crippen molar-refractivity contribution in [3.63, 3.8) is 0 Å². The Hall–Kier alpha value is -0.730. The first-order valence-electron chi connectivity index (χ1n) is 6.04. The number of aromatic nitrogens is 1. The fraction of sp³-hybridized carbons (Fsp3) is 0.583. The zero-order valence-corrected chi connectivity index (χ0v) is 13.3. The van der Waals surface area contributed by atoms with Gasteiger partial charge in [0.05, 0.1) is 13.2 Å². The highest BCUT2D eigenvalue weighted by Gasteiger charge is 2.29. The fourth-order valence-corrected chi connectivity index (χ4v) is 3.39. The van der Waals surface area contributed by atoms with E-state index in [-0.39, 0.29) is 22.6 Å². The van der Waals surface area contributed by atoms with Crippen molar-refractivity contribution < 1.29 is 17.9 Å². The summed E-state index contributed by atoms with van der Waals surface area (Å²) in [5.74, 6) is 0. The number of methoxy groups -OCH3 is 2. The third kappa shape index (κ3) is 4.39. The largest absolute Gasteiger partial charge is 0.383 e. The Morgan fingerprint density at radius 3 is 2.55 bits per heavy atom. The summed E-state index contributed by atoms with van der Waals surface area (Å²) in [6.45, 7) is 2.62. The standard InChI is InChI=1S/C12H19ClN2O4S/c1-10(9-19-3)15(6-7-18-2)20(16,17)11-4-5-12(13)14-8-11/h4-5,8,10H,6-7,9H2,1-3H3. The quantitative estimate of drug-likeness (QED) is 0.677. The minimum Gasteiger partial charge on any atom is -0.383 e.